The fraction of sp³-hybridized carbons (Fsp3) is 0.188. The first-order chi connectivity index (χ1) is 9.73. The summed E-state index contributed by atoms with van der Waals surface area (Å²) in [6, 6.07) is 11.3. The monoisotopic (exact) mass is 304 g/mol. The van der Waals surface area contributed by atoms with Crippen molar-refractivity contribution < 1.29 is 19.1 Å². The van der Waals surface area contributed by atoms with E-state index in [9.17, 15) is 19.1 Å². The van der Waals surface area contributed by atoms with Crippen molar-refractivity contribution >= 4 is 13.1 Å². The van der Waals surface area contributed by atoms with Crippen LogP contribution in [0.1, 0.15) is 27.0 Å². The number of hydrogen-bond acceptors (Lipinski definition) is 2. The lowest BCUT2D eigenvalue weighted by atomic mass is 9.90. The minimum atomic E-state index is -4.80. The molecule has 4 nitrogen and oxygen atoms in total. The summed E-state index contributed by atoms with van der Waals surface area (Å²) in [5.74, 6) is 0. The summed E-state index contributed by atoms with van der Waals surface area (Å²) in [4.78, 5) is 30.4. The molecule has 21 heavy (non-hydrogen) atoms. The predicted molar refractivity (Wildman–Crippen MR) is 82.5 cm³/mol. The highest BCUT2D eigenvalue weighted by molar-refractivity contribution is 7.70. The van der Waals surface area contributed by atoms with Crippen LogP contribution in [-0.4, -0.2) is 15.3 Å². The highest BCUT2D eigenvalue weighted by Gasteiger charge is 2.31. The van der Waals surface area contributed by atoms with Crippen molar-refractivity contribution in [2.24, 2.45) is 0 Å². The summed E-state index contributed by atoms with van der Waals surface area (Å²) < 4.78 is 11.3. The van der Waals surface area contributed by atoms with Crippen molar-refractivity contribution in [1.82, 2.24) is 0 Å². The summed E-state index contributed by atoms with van der Waals surface area (Å²) in [6.45, 7) is 5.34. The Labute approximate surface area is 123 Å². The molecular formula is C16H17O4P. The number of carbonyl (C=O) groups is 1. The topological polar surface area (TPSA) is 74.6 Å². The van der Waals surface area contributed by atoms with Crippen LogP contribution in [0.5, 0.6) is 0 Å². The van der Waals surface area contributed by atoms with E-state index in [1.165, 1.54) is 0 Å². The molecule has 0 amide bonds. The van der Waals surface area contributed by atoms with E-state index in [1.54, 1.807) is 19.9 Å². The summed E-state index contributed by atoms with van der Waals surface area (Å²) in [7, 11) is -4.80. The van der Waals surface area contributed by atoms with E-state index >= 15 is 0 Å². The number of benzene rings is 2. The summed E-state index contributed by atoms with van der Waals surface area (Å²) >= 11 is 0. The average Bonchev–Trinajstić information content (AvgIpc) is 2.38. The normalized spacial score (nSPS) is 11.5. The highest BCUT2D eigenvalue weighted by atomic mass is 31.2. The second kappa shape index (κ2) is 5.57. The zero-order chi connectivity index (χ0) is 15.8. The number of aryl methyl sites for hydroxylation is 2. The van der Waals surface area contributed by atoms with E-state index in [4.69, 9.17) is 0 Å². The van der Waals surface area contributed by atoms with Crippen molar-refractivity contribution in [3.05, 3.63) is 58.7 Å². The van der Waals surface area contributed by atoms with Gasteiger partial charge in [-0.3, -0.25) is 9.36 Å². The van der Waals surface area contributed by atoms with Gasteiger partial charge in [-0.05, 0) is 48.6 Å². The first-order valence-electron chi connectivity index (χ1n) is 6.50. The maximum atomic E-state index is 12.0. The Hall–Kier alpha value is -1.74. The second-order valence-corrected chi connectivity index (χ2v) is 6.59. The second-order valence-electron chi connectivity index (χ2n) is 5.10. The largest absolute Gasteiger partial charge is 0.396 e. The van der Waals surface area contributed by atoms with Crippen LogP contribution in [0.4, 0.5) is 0 Å². The van der Waals surface area contributed by atoms with Crippen LogP contribution >= 0.6 is 7.60 Å². The van der Waals surface area contributed by atoms with Crippen LogP contribution in [0, 0.1) is 20.8 Å². The lowest BCUT2D eigenvalue weighted by Gasteiger charge is -2.17. The van der Waals surface area contributed by atoms with Gasteiger partial charge in [0.05, 0.1) is 0 Å². The Kier molecular flexibility index (Phi) is 4.15. The molecule has 2 N–H and O–H groups in total. The minimum Gasteiger partial charge on any atom is -0.319 e. The molecule has 0 unspecified atom stereocenters. The first-order valence-corrected chi connectivity index (χ1v) is 8.11. The van der Waals surface area contributed by atoms with Gasteiger partial charge in [-0.15, -0.1) is 0 Å². The third-order valence-electron chi connectivity index (χ3n) is 3.51. The van der Waals surface area contributed by atoms with Crippen molar-refractivity contribution in [2.45, 2.75) is 20.8 Å². The van der Waals surface area contributed by atoms with E-state index in [-0.39, 0.29) is 5.56 Å². The molecular weight excluding hydrogens is 287 g/mol. The van der Waals surface area contributed by atoms with Crippen LogP contribution in [0.25, 0.3) is 11.1 Å². The van der Waals surface area contributed by atoms with Gasteiger partial charge in [0.1, 0.15) is 0 Å². The summed E-state index contributed by atoms with van der Waals surface area (Å²) in [6.07, 6.45) is 0. The molecule has 2 rings (SSSR count). The Morgan fingerprint density at radius 2 is 1.57 bits per heavy atom. The van der Waals surface area contributed by atoms with Gasteiger partial charge in [0.2, 0.25) is 0 Å². The van der Waals surface area contributed by atoms with E-state index in [2.05, 4.69) is 0 Å². The fourth-order valence-electron chi connectivity index (χ4n) is 2.71. The smallest absolute Gasteiger partial charge is 0.319 e. The molecule has 0 atom stereocenters. The van der Waals surface area contributed by atoms with Crippen LogP contribution in [0.15, 0.2) is 36.4 Å². The predicted octanol–water partition coefficient (Wildman–Crippen LogP) is 3.60. The number of rotatable bonds is 3. The molecule has 110 valence electrons. The summed E-state index contributed by atoms with van der Waals surface area (Å²) in [5.41, 5.74) is 2.93. The molecule has 0 heterocycles. The van der Waals surface area contributed by atoms with Crippen LogP contribution in [0.2, 0.25) is 0 Å². The standard InChI is InChI=1S/C16H17O4P/c1-10-9-11(2)15(16(17)21(18,19)20)12(3)14(10)13-7-5-4-6-8-13/h4-9H,1-3H3,(H2,18,19,20). The van der Waals surface area contributed by atoms with Crippen molar-refractivity contribution in [2.75, 3.05) is 0 Å². The lowest BCUT2D eigenvalue weighted by molar-refractivity contribution is 0.104. The molecule has 0 spiro atoms. The molecule has 0 bridgehead atoms. The zero-order valence-corrected chi connectivity index (χ0v) is 13.0. The maximum absolute atomic E-state index is 12.0. The van der Waals surface area contributed by atoms with Crippen LogP contribution in [0.3, 0.4) is 0 Å². The van der Waals surface area contributed by atoms with Gasteiger partial charge in [0.15, 0.2) is 0 Å². The maximum Gasteiger partial charge on any atom is 0.396 e. The fourth-order valence-corrected chi connectivity index (χ4v) is 3.34. The molecule has 0 aliphatic rings. The molecule has 0 aliphatic heterocycles. The van der Waals surface area contributed by atoms with Crippen LogP contribution < -0.4 is 0 Å². The van der Waals surface area contributed by atoms with Gasteiger partial charge in [0, 0.05) is 5.56 Å². The average molecular weight is 304 g/mol. The Morgan fingerprint density at radius 1 is 1.00 bits per heavy atom. The van der Waals surface area contributed by atoms with E-state index < -0.39 is 13.1 Å². The Balaban J connectivity index is 2.76. The van der Waals surface area contributed by atoms with Gasteiger partial charge in [0.25, 0.3) is 5.52 Å². The van der Waals surface area contributed by atoms with Gasteiger partial charge >= 0.3 is 7.60 Å². The van der Waals surface area contributed by atoms with E-state index in [0.29, 0.717) is 11.1 Å². The SMILES string of the molecule is Cc1cc(C)c(-c2ccccc2)c(C)c1C(=O)P(=O)(O)O. The molecule has 0 saturated heterocycles. The number of hydrogen-bond donors (Lipinski definition) is 2. The summed E-state index contributed by atoms with van der Waals surface area (Å²) in [5, 5.41) is 0. The third-order valence-corrected chi connectivity index (χ3v) is 4.27. The molecule has 2 aromatic carbocycles. The van der Waals surface area contributed by atoms with Crippen LogP contribution in [-0.2, 0) is 4.57 Å². The quantitative estimate of drug-likeness (QED) is 0.850. The van der Waals surface area contributed by atoms with Gasteiger partial charge in [-0.25, -0.2) is 0 Å². The van der Waals surface area contributed by atoms with E-state index in [1.807, 2.05) is 37.3 Å². The molecule has 0 aliphatic carbocycles. The molecule has 0 saturated carbocycles. The van der Waals surface area contributed by atoms with Crippen molar-refractivity contribution in [3.8, 4) is 11.1 Å². The van der Waals surface area contributed by atoms with Crippen molar-refractivity contribution in [1.29, 1.82) is 0 Å². The zero-order valence-electron chi connectivity index (χ0n) is 12.1. The minimum absolute atomic E-state index is 0.118. The first kappa shape index (κ1) is 15.6. The Morgan fingerprint density at radius 3 is 2.10 bits per heavy atom. The third kappa shape index (κ3) is 2.98. The highest BCUT2D eigenvalue weighted by Crippen LogP contribution is 2.43. The van der Waals surface area contributed by atoms with E-state index in [0.717, 1.165) is 16.7 Å². The number of carbonyl (C=O) groups excluding carboxylic acids is 1. The van der Waals surface area contributed by atoms with Gasteiger partial charge in [-0.2, -0.15) is 0 Å². The van der Waals surface area contributed by atoms with Gasteiger partial charge < -0.3 is 9.79 Å². The molecule has 2 aromatic rings. The molecule has 0 fully saturated rings. The molecule has 0 radical (unpaired) electrons. The molecule has 0 aromatic heterocycles. The van der Waals surface area contributed by atoms with Crippen molar-refractivity contribution in [3.63, 3.8) is 0 Å². The lowest BCUT2D eigenvalue weighted by Crippen LogP contribution is -2.07. The van der Waals surface area contributed by atoms with Gasteiger partial charge in [-0.1, -0.05) is 36.4 Å². The molecule has 5 heteroatoms. The Bertz CT molecular complexity index is 745.